The van der Waals surface area contributed by atoms with Crippen molar-refractivity contribution in [1.82, 2.24) is 10.6 Å². The topological polar surface area (TPSA) is 105 Å². The lowest BCUT2D eigenvalue weighted by atomic mass is 10.2. The molecular formula is C18H27N3O5S. The van der Waals surface area contributed by atoms with E-state index in [1.165, 1.54) is 11.2 Å². The van der Waals surface area contributed by atoms with Crippen LogP contribution in [0.5, 0.6) is 5.75 Å². The largest absolute Gasteiger partial charge is 0.477 e. The highest BCUT2D eigenvalue weighted by Gasteiger charge is 2.34. The van der Waals surface area contributed by atoms with Crippen LogP contribution in [-0.2, 0) is 14.6 Å². The molecule has 1 aromatic carbocycles. The van der Waals surface area contributed by atoms with Crippen LogP contribution in [0.1, 0.15) is 26.7 Å². The summed E-state index contributed by atoms with van der Waals surface area (Å²) in [7, 11) is -3.10. The van der Waals surface area contributed by atoms with E-state index in [9.17, 15) is 18.0 Å². The third-order valence-electron chi connectivity index (χ3n) is 4.15. The van der Waals surface area contributed by atoms with Gasteiger partial charge in [-0.3, -0.25) is 9.69 Å². The lowest BCUT2D eigenvalue weighted by Crippen LogP contribution is -2.54. The molecule has 3 amide bonds. The minimum absolute atomic E-state index is 0.00378. The number of hydrogen-bond acceptors (Lipinski definition) is 5. The van der Waals surface area contributed by atoms with Crippen molar-refractivity contribution in [2.24, 2.45) is 0 Å². The van der Waals surface area contributed by atoms with Gasteiger partial charge in [-0.05, 0) is 31.9 Å². The van der Waals surface area contributed by atoms with Gasteiger partial charge in [-0.15, -0.1) is 0 Å². The Labute approximate surface area is 160 Å². The molecule has 9 heteroatoms. The van der Waals surface area contributed by atoms with Gasteiger partial charge in [-0.1, -0.05) is 19.1 Å². The molecule has 0 spiro atoms. The first-order chi connectivity index (χ1) is 12.7. The average molecular weight is 397 g/mol. The van der Waals surface area contributed by atoms with Crippen LogP contribution in [0.25, 0.3) is 0 Å². The molecule has 2 N–H and O–H groups in total. The summed E-state index contributed by atoms with van der Waals surface area (Å²) in [5, 5.41) is 5.58. The molecule has 8 nitrogen and oxygen atoms in total. The van der Waals surface area contributed by atoms with Gasteiger partial charge in [0.05, 0.1) is 18.0 Å². The van der Waals surface area contributed by atoms with Crippen LogP contribution in [0.3, 0.4) is 0 Å². The maximum absolute atomic E-state index is 12.8. The minimum atomic E-state index is -3.10. The van der Waals surface area contributed by atoms with Crippen LogP contribution in [0.4, 0.5) is 10.5 Å². The Hall–Kier alpha value is -2.29. The number of hydrogen-bond donors (Lipinski definition) is 2. The molecule has 1 aliphatic heterocycles. The molecule has 2 atom stereocenters. The van der Waals surface area contributed by atoms with Gasteiger partial charge in [0.25, 0.3) is 5.91 Å². The Morgan fingerprint density at radius 1 is 1.33 bits per heavy atom. The van der Waals surface area contributed by atoms with Gasteiger partial charge in [0.2, 0.25) is 0 Å². The van der Waals surface area contributed by atoms with E-state index in [1.807, 2.05) is 6.92 Å². The van der Waals surface area contributed by atoms with E-state index in [1.54, 1.807) is 31.2 Å². The van der Waals surface area contributed by atoms with E-state index in [4.69, 9.17) is 4.74 Å². The van der Waals surface area contributed by atoms with Crippen LogP contribution in [0.2, 0.25) is 0 Å². The third-order valence-corrected chi connectivity index (χ3v) is 5.13. The fraction of sp³-hybridized carbons (Fsp3) is 0.556. The zero-order valence-electron chi connectivity index (χ0n) is 15.9. The molecule has 0 aliphatic carbocycles. The van der Waals surface area contributed by atoms with Crippen LogP contribution >= 0.6 is 0 Å². The molecule has 2 rings (SSSR count). The number of anilines is 1. The van der Waals surface area contributed by atoms with E-state index in [2.05, 4.69) is 10.6 Å². The number of para-hydroxylation sites is 2. The monoisotopic (exact) mass is 397 g/mol. The lowest BCUT2D eigenvalue weighted by Gasteiger charge is -2.34. The maximum atomic E-state index is 12.8. The van der Waals surface area contributed by atoms with Gasteiger partial charge in [-0.2, -0.15) is 0 Å². The predicted molar refractivity (Wildman–Crippen MR) is 104 cm³/mol. The van der Waals surface area contributed by atoms with Crippen LogP contribution < -0.4 is 20.3 Å². The van der Waals surface area contributed by atoms with Crippen molar-refractivity contribution in [2.45, 2.75) is 38.8 Å². The number of sulfone groups is 1. The Balaban J connectivity index is 2.10. The van der Waals surface area contributed by atoms with Crippen LogP contribution in [0.15, 0.2) is 24.3 Å². The second kappa shape index (κ2) is 9.07. The molecule has 0 radical (unpaired) electrons. The zero-order valence-corrected chi connectivity index (χ0v) is 16.7. The molecule has 0 fully saturated rings. The number of carbonyl (C=O) groups excluding carboxylic acids is 2. The Kier molecular flexibility index (Phi) is 7.06. The second-order valence-corrected chi connectivity index (χ2v) is 9.00. The molecule has 0 aromatic heterocycles. The number of benzene rings is 1. The van der Waals surface area contributed by atoms with Crippen molar-refractivity contribution in [3.63, 3.8) is 0 Å². The fourth-order valence-electron chi connectivity index (χ4n) is 2.68. The second-order valence-electron chi connectivity index (χ2n) is 6.74. The molecule has 0 saturated carbocycles. The molecule has 1 aliphatic rings. The van der Waals surface area contributed by atoms with Crippen molar-refractivity contribution in [1.29, 1.82) is 0 Å². The van der Waals surface area contributed by atoms with Crippen molar-refractivity contribution in [2.75, 3.05) is 30.0 Å². The fourth-order valence-corrected chi connectivity index (χ4v) is 3.46. The van der Waals surface area contributed by atoms with Crippen LogP contribution in [0, 0.1) is 0 Å². The highest BCUT2D eigenvalue weighted by Crippen LogP contribution is 2.33. The standard InChI is InChI=1S/C18H27N3O5S/c1-4-10-19-17(22)16-12-21(14-7-5-6-8-15(14)26-16)18(23)20-13(2)9-11-27(3,24)25/h5-8,13,16H,4,9-12H2,1-3H3,(H,19,22)(H,20,23)/t13-,16-/m0/s1. The first-order valence-corrected chi connectivity index (χ1v) is 11.1. The van der Waals surface area contributed by atoms with Crippen molar-refractivity contribution < 1.29 is 22.7 Å². The van der Waals surface area contributed by atoms with E-state index in [0.29, 0.717) is 24.4 Å². The highest BCUT2D eigenvalue weighted by molar-refractivity contribution is 7.90. The number of rotatable bonds is 7. The van der Waals surface area contributed by atoms with Crippen LogP contribution in [-0.4, -0.2) is 57.6 Å². The summed E-state index contributed by atoms with van der Waals surface area (Å²) in [6, 6.07) is 6.30. The van der Waals surface area contributed by atoms with Gasteiger partial charge in [0.1, 0.15) is 15.6 Å². The number of ether oxygens (including phenoxy) is 1. The Morgan fingerprint density at radius 2 is 2.04 bits per heavy atom. The van der Waals surface area contributed by atoms with Crippen molar-refractivity contribution in [3.05, 3.63) is 24.3 Å². The molecule has 27 heavy (non-hydrogen) atoms. The predicted octanol–water partition coefficient (Wildman–Crippen LogP) is 1.31. The lowest BCUT2D eigenvalue weighted by molar-refractivity contribution is -0.127. The first-order valence-electron chi connectivity index (χ1n) is 9.00. The molecule has 1 heterocycles. The van der Waals surface area contributed by atoms with E-state index >= 15 is 0 Å². The van der Waals surface area contributed by atoms with Crippen molar-refractivity contribution >= 4 is 27.5 Å². The van der Waals surface area contributed by atoms with E-state index in [0.717, 1.165) is 6.42 Å². The summed E-state index contributed by atoms with van der Waals surface area (Å²) >= 11 is 0. The van der Waals surface area contributed by atoms with Gasteiger partial charge < -0.3 is 15.4 Å². The Bertz CT molecular complexity index is 781. The number of urea groups is 1. The summed E-state index contributed by atoms with van der Waals surface area (Å²) in [5.41, 5.74) is 0.574. The highest BCUT2D eigenvalue weighted by atomic mass is 32.2. The van der Waals surface area contributed by atoms with E-state index in [-0.39, 0.29) is 30.3 Å². The number of carbonyl (C=O) groups is 2. The zero-order chi connectivity index (χ0) is 20.0. The smallest absolute Gasteiger partial charge is 0.322 e. The summed E-state index contributed by atoms with van der Waals surface area (Å²) in [4.78, 5) is 26.5. The summed E-state index contributed by atoms with van der Waals surface area (Å²) < 4.78 is 28.4. The number of fused-ring (bicyclic) bond motifs is 1. The molecular weight excluding hydrogens is 370 g/mol. The van der Waals surface area contributed by atoms with Gasteiger partial charge in [-0.25, -0.2) is 13.2 Å². The summed E-state index contributed by atoms with van der Waals surface area (Å²) in [6.45, 7) is 4.32. The van der Waals surface area contributed by atoms with Crippen molar-refractivity contribution in [3.8, 4) is 5.75 Å². The summed E-state index contributed by atoms with van der Waals surface area (Å²) in [6.07, 6.45) is 1.48. The normalized spacial score (nSPS) is 17.4. The molecule has 0 bridgehead atoms. The Morgan fingerprint density at radius 3 is 2.70 bits per heavy atom. The SMILES string of the molecule is CCCNC(=O)[C@@H]1CN(C(=O)N[C@@H](C)CCS(C)(=O)=O)c2ccccc2O1. The molecule has 0 saturated heterocycles. The first kappa shape index (κ1) is 21.0. The van der Waals surface area contributed by atoms with Gasteiger partial charge >= 0.3 is 6.03 Å². The van der Waals surface area contributed by atoms with Gasteiger partial charge in [0, 0.05) is 18.8 Å². The van der Waals surface area contributed by atoms with E-state index < -0.39 is 15.9 Å². The quantitative estimate of drug-likeness (QED) is 0.722. The minimum Gasteiger partial charge on any atom is -0.477 e. The molecule has 0 unspecified atom stereocenters. The maximum Gasteiger partial charge on any atom is 0.322 e. The molecule has 1 aromatic rings. The summed E-state index contributed by atoms with van der Waals surface area (Å²) in [5.74, 6) is 0.185. The third kappa shape index (κ3) is 6.13. The number of nitrogens with zero attached hydrogens (tertiary/aromatic N) is 1. The number of nitrogens with one attached hydrogen (secondary N) is 2. The average Bonchev–Trinajstić information content (AvgIpc) is 2.62. The number of amides is 3. The molecule has 150 valence electrons. The van der Waals surface area contributed by atoms with Gasteiger partial charge in [0.15, 0.2) is 6.10 Å².